The Hall–Kier alpha value is -1.39. The molecule has 7 heteroatoms. The normalized spacial score (nSPS) is 10.8. The predicted octanol–water partition coefficient (Wildman–Crippen LogP) is 7.31. The molecule has 2 rings (SSSR count). The summed E-state index contributed by atoms with van der Waals surface area (Å²) in [5.74, 6) is 0.586. The number of halogens is 5. The molecule has 0 atom stereocenters. The van der Waals surface area contributed by atoms with Crippen molar-refractivity contribution in [1.29, 1.82) is 0 Å². The van der Waals surface area contributed by atoms with E-state index in [1.807, 2.05) is 18.2 Å². The van der Waals surface area contributed by atoms with Crippen molar-refractivity contribution in [3.63, 3.8) is 0 Å². The van der Waals surface area contributed by atoms with Crippen LogP contribution < -0.4 is 9.47 Å². The van der Waals surface area contributed by atoms with Crippen molar-refractivity contribution in [3.8, 4) is 11.5 Å². The summed E-state index contributed by atoms with van der Waals surface area (Å²) in [5, 5.41) is 0.671. The van der Waals surface area contributed by atoms with Gasteiger partial charge in [-0.3, -0.25) is 0 Å². The second kappa shape index (κ2) is 10.7. The third-order valence-electron chi connectivity index (χ3n) is 3.15. The van der Waals surface area contributed by atoms with E-state index in [1.165, 1.54) is 18.2 Å². The molecule has 0 amide bonds. The van der Waals surface area contributed by atoms with E-state index in [4.69, 9.17) is 55.9 Å². The average molecular weight is 436 g/mol. The number of hydrogen-bond acceptors (Lipinski definition) is 2. The minimum absolute atomic E-state index is 0.119. The fourth-order valence-electron chi connectivity index (χ4n) is 2.02. The van der Waals surface area contributed by atoms with Gasteiger partial charge >= 0.3 is 0 Å². The van der Waals surface area contributed by atoms with Gasteiger partial charge in [-0.1, -0.05) is 70.7 Å². The largest absolute Gasteiger partial charge is 0.490 e. The quantitative estimate of drug-likeness (QED) is 0.404. The van der Waals surface area contributed by atoms with E-state index in [0.29, 0.717) is 34.6 Å². The lowest BCUT2D eigenvalue weighted by Gasteiger charge is -2.11. The monoisotopic (exact) mass is 434 g/mol. The van der Waals surface area contributed by atoms with Crippen LogP contribution in [-0.4, -0.2) is 13.2 Å². The summed E-state index contributed by atoms with van der Waals surface area (Å²) in [5.41, 5.74) is 0.786. The molecule has 138 valence electrons. The van der Waals surface area contributed by atoms with Crippen LogP contribution in [0.15, 0.2) is 53.0 Å². The van der Waals surface area contributed by atoms with Crippen LogP contribution in [0.5, 0.6) is 11.5 Å². The van der Waals surface area contributed by atoms with Gasteiger partial charge in [-0.25, -0.2) is 4.39 Å². The van der Waals surface area contributed by atoms with Crippen LogP contribution in [0, 0.1) is 5.82 Å². The van der Waals surface area contributed by atoms with Crippen molar-refractivity contribution in [2.45, 2.75) is 6.42 Å². The van der Waals surface area contributed by atoms with Gasteiger partial charge in [0.2, 0.25) is 0 Å². The van der Waals surface area contributed by atoms with Crippen molar-refractivity contribution in [3.05, 3.63) is 74.5 Å². The highest BCUT2D eigenvalue weighted by atomic mass is 35.5. The van der Waals surface area contributed by atoms with E-state index < -0.39 is 0 Å². The highest BCUT2D eigenvalue weighted by Gasteiger charge is 2.10. The van der Waals surface area contributed by atoms with Gasteiger partial charge in [0.1, 0.15) is 22.7 Å². The Kier molecular flexibility index (Phi) is 8.60. The molecule has 0 aliphatic carbocycles. The molecule has 0 saturated heterocycles. The standard InChI is InChI=1S/C19H15Cl4FO2/c20-16-11-15(25-9-7-18(22)23)12-17(21)19(16)26-8-2-1-4-13-5-3-6-14(24)10-13/h1,3-7,10-12H,2,8-9H2/b4-1+. The molecular weight excluding hydrogens is 421 g/mol. The molecule has 0 aliphatic rings. The van der Waals surface area contributed by atoms with Crippen LogP contribution in [0.2, 0.25) is 10.0 Å². The summed E-state index contributed by atoms with van der Waals surface area (Å²) in [7, 11) is 0. The van der Waals surface area contributed by atoms with Gasteiger partial charge in [-0.2, -0.15) is 0 Å². The predicted molar refractivity (Wildman–Crippen MR) is 107 cm³/mol. The molecular formula is C19H15Cl4FO2. The Morgan fingerprint density at radius 2 is 1.77 bits per heavy atom. The zero-order chi connectivity index (χ0) is 18.9. The molecule has 0 bridgehead atoms. The summed E-state index contributed by atoms with van der Waals surface area (Å²) in [4.78, 5) is 0. The molecule has 0 heterocycles. The summed E-state index contributed by atoms with van der Waals surface area (Å²) in [6.45, 7) is 0.566. The third kappa shape index (κ3) is 7.08. The zero-order valence-electron chi connectivity index (χ0n) is 13.5. The first-order valence-corrected chi connectivity index (χ1v) is 9.15. The van der Waals surface area contributed by atoms with Gasteiger partial charge in [0.15, 0.2) is 5.75 Å². The Labute approximate surface area is 171 Å². The molecule has 0 aromatic heterocycles. The van der Waals surface area contributed by atoms with E-state index in [0.717, 1.165) is 5.56 Å². The number of ether oxygens (including phenoxy) is 2. The molecule has 0 fully saturated rings. The smallest absolute Gasteiger partial charge is 0.156 e. The highest BCUT2D eigenvalue weighted by molar-refractivity contribution is 6.55. The van der Waals surface area contributed by atoms with Crippen LogP contribution in [0.4, 0.5) is 4.39 Å². The molecule has 0 radical (unpaired) electrons. The van der Waals surface area contributed by atoms with Gasteiger partial charge in [0.25, 0.3) is 0 Å². The summed E-state index contributed by atoms with van der Waals surface area (Å²) in [6.07, 6.45) is 5.82. The van der Waals surface area contributed by atoms with Crippen LogP contribution >= 0.6 is 46.4 Å². The molecule has 0 unspecified atom stereocenters. The molecule has 0 aliphatic heterocycles. The SMILES string of the molecule is Fc1cccc(/C=C/CCOc2c(Cl)cc(OCC=C(Cl)Cl)cc2Cl)c1. The Morgan fingerprint density at radius 1 is 1.04 bits per heavy atom. The maximum absolute atomic E-state index is 13.1. The first kappa shape index (κ1) is 20.9. The second-order valence-corrected chi connectivity index (χ2v) is 6.94. The van der Waals surface area contributed by atoms with Crippen LogP contribution in [0.3, 0.4) is 0 Å². The van der Waals surface area contributed by atoms with E-state index in [-0.39, 0.29) is 16.9 Å². The molecule has 2 nitrogen and oxygen atoms in total. The summed E-state index contributed by atoms with van der Waals surface area (Å²) >= 11 is 23.4. The highest BCUT2D eigenvalue weighted by Crippen LogP contribution is 2.37. The minimum Gasteiger partial charge on any atom is -0.490 e. The van der Waals surface area contributed by atoms with Gasteiger partial charge in [-0.05, 0) is 30.2 Å². The fraction of sp³-hybridized carbons (Fsp3) is 0.158. The topological polar surface area (TPSA) is 18.5 Å². The number of hydrogen-bond donors (Lipinski definition) is 0. The van der Waals surface area contributed by atoms with Gasteiger partial charge in [-0.15, -0.1) is 0 Å². The molecule has 26 heavy (non-hydrogen) atoms. The van der Waals surface area contributed by atoms with Gasteiger partial charge < -0.3 is 9.47 Å². The maximum Gasteiger partial charge on any atom is 0.156 e. The summed E-state index contributed by atoms with van der Waals surface area (Å²) < 4.78 is 24.3. The lowest BCUT2D eigenvalue weighted by molar-refractivity contribution is 0.323. The van der Waals surface area contributed by atoms with Crippen LogP contribution in [0.25, 0.3) is 6.08 Å². The van der Waals surface area contributed by atoms with Crippen LogP contribution in [-0.2, 0) is 0 Å². The third-order valence-corrected chi connectivity index (χ3v) is 4.02. The van der Waals surface area contributed by atoms with Crippen molar-refractivity contribution < 1.29 is 13.9 Å². The summed E-state index contributed by atoms with van der Waals surface area (Å²) in [6, 6.07) is 9.53. The number of benzene rings is 2. The lowest BCUT2D eigenvalue weighted by atomic mass is 10.2. The van der Waals surface area contributed by atoms with Crippen molar-refractivity contribution >= 4 is 52.5 Å². The average Bonchev–Trinajstić information content (AvgIpc) is 2.56. The van der Waals surface area contributed by atoms with Gasteiger partial charge in [0.05, 0.1) is 16.7 Å². The first-order valence-electron chi connectivity index (χ1n) is 7.63. The van der Waals surface area contributed by atoms with E-state index in [2.05, 4.69) is 0 Å². The minimum atomic E-state index is -0.270. The Balaban J connectivity index is 1.88. The van der Waals surface area contributed by atoms with E-state index >= 15 is 0 Å². The lowest BCUT2D eigenvalue weighted by Crippen LogP contribution is -1.99. The number of rotatable bonds is 8. The van der Waals surface area contributed by atoms with Gasteiger partial charge in [0, 0.05) is 12.1 Å². The zero-order valence-corrected chi connectivity index (χ0v) is 16.5. The van der Waals surface area contributed by atoms with Crippen LogP contribution in [0.1, 0.15) is 12.0 Å². The molecule has 0 spiro atoms. The van der Waals surface area contributed by atoms with E-state index in [9.17, 15) is 4.39 Å². The second-order valence-electron chi connectivity index (χ2n) is 5.12. The molecule has 0 saturated carbocycles. The van der Waals surface area contributed by atoms with Crippen molar-refractivity contribution in [2.75, 3.05) is 13.2 Å². The van der Waals surface area contributed by atoms with Crippen molar-refractivity contribution in [1.82, 2.24) is 0 Å². The fourth-order valence-corrected chi connectivity index (χ4v) is 2.72. The Morgan fingerprint density at radius 3 is 2.42 bits per heavy atom. The molecule has 0 N–H and O–H groups in total. The molecule has 2 aromatic rings. The Bertz CT molecular complexity index is 779. The first-order chi connectivity index (χ1) is 12.5. The van der Waals surface area contributed by atoms with Crippen molar-refractivity contribution in [2.24, 2.45) is 0 Å². The maximum atomic E-state index is 13.1. The van der Waals surface area contributed by atoms with E-state index in [1.54, 1.807) is 18.2 Å². The molecule has 2 aromatic carbocycles.